The van der Waals surface area contributed by atoms with Crippen LogP contribution in [0.3, 0.4) is 0 Å². The van der Waals surface area contributed by atoms with Crippen molar-refractivity contribution in [3.63, 3.8) is 0 Å². The zero-order chi connectivity index (χ0) is 31.8. The number of anilines is 1. The number of fused-ring (bicyclic) bond motifs is 1. The van der Waals surface area contributed by atoms with Crippen LogP contribution >= 0.6 is 0 Å². The number of hydrogen-bond donors (Lipinski definition) is 2. The van der Waals surface area contributed by atoms with E-state index in [1.54, 1.807) is 12.0 Å². The number of rotatable bonds is 10. The lowest BCUT2D eigenvalue weighted by atomic mass is 9.76. The molecule has 2 N–H and O–H groups in total. The summed E-state index contributed by atoms with van der Waals surface area (Å²) in [7, 11) is 1.49. The van der Waals surface area contributed by atoms with E-state index in [1.807, 2.05) is 91.0 Å². The van der Waals surface area contributed by atoms with Gasteiger partial charge in [0.25, 0.3) is 11.8 Å². The van der Waals surface area contributed by atoms with Crippen molar-refractivity contribution >= 4 is 17.1 Å². The molecule has 6 rings (SSSR count). The predicted molar refractivity (Wildman–Crippen MR) is 162 cm³/mol. The molecule has 4 atom stereocenters. The van der Waals surface area contributed by atoms with Gasteiger partial charge in [-0.15, -0.1) is 0 Å². The molecule has 234 valence electrons. The Hall–Kier alpha value is -4.49. The lowest BCUT2D eigenvalue weighted by molar-refractivity contribution is -0.206. The molecule has 12 heteroatoms. The zero-order valence-corrected chi connectivity index (χ0v) is 24.9. The van der Waals surface area contributed by atoms with E-state index >= 15 is 8.78 Å². The number of hydroxylamine groups is 1. The third-order valence-electron chi connectivity index (χ3n) is 8.10. The molecule has 10 nitrogen and oxygen atoms in total. The van der Waals surface area contributed by atoms with Crippen LogP contribution in [0.4, 0.5) is 14.7 Å². The molecule has 45 heavy (non-hydrogen) atoms. The van der Waals surface area contributed by atoms with Gasteiger partial charge in [-0.2, -0.15) is 15.0 Å². The Kier molecular flexibility index (Phi) is 8.00. The van der Waals surface area contributed by atoms with Crippen molar-refractivity contribution in [3.05, 3.63) is 114 Å². The topological polar surface area (TPSA) is 115 Å². The number of aliphatic hydroxyl groups excluding tert-OH is 2. The second-order valence-corrected chi connectivity index (χ2v) is 10.8. The highest BCUT2D eigenvalue weighted by molar-refractivity contribution is 5.78. The highest BCUT2D eigenvalue weighted by Gasteiger charge is 2.64. The highest BCUT2D eigenvalue weighted by atomic mass is 19.2. The molecule has 0 bridgehead atoms. The van der Waals surface area contributed by atoms with Crippen LogP contribution in [0.25, 0.3) is 11.2 Å². The molecule has 1 aliphatic heterocycles. The number of halogens is 2. The first-order valence-electron chi connectivity index (χ1n) is 14.4. The summed E-state index contributed by atoms with van der Waals surface area (Å²) in [6, 6.07) is 29.1. The van der Waals surface area contributed by atoms with Crippen molar-refractivity contribution in [2.45, 2.75) is 43.2 Å². The zero-order valence-electron chi connectivity index (χ0n) is 24.9. The molecular weight excluding hydrogens is 584 g/mol. The van der Waals surface area contributed by atoms with E-state index in [0.29, 0.717) is 0 Å². The summed E-state index contributed by atoms with van der Waals surface area (Å²) >= 11 is 0. The number of benzene rings is 3. The molecular formula is C33H33F2N5O5. The number of nitrogens with zero attached hydrogens (tertiary/aromatic N) is 5. The Balaban J connectivity index is 1.64. The van der Waals surface area contributed by atoms with Gasteiger partial charge in [-0.05, 0) is 30.5 Å². The van der Waals surface area contributed by atoms with Crippen LogP contribution in [0, 0.1) is 0 Å². The third kappa shape index (κ3) is 4.81. The number of aromatic nitrogens is 4. The summed E-state index contributed by atoms with van der Waals surface area (Å²) in [6.07, 6.45) is -2.83. The van der Waals surface area contributed by atoms with E-state index in [2.05, 4.69) is 4.98 Å². The van der Waals surface area contributed by atoms with Gasteiger partial charge in [-0.25, -0.2) is 13.8 Å². The lowest BCUT2D eigenvalue weighted by Gasteiger charge is -2.43. The Morgan fingerprint density at radius 3 is 1.91 bits per heavy atom. The maximum Gasteiger partial charge on any atom is 0.263 e. The van der Waals surface area contributed by atoms with E-state index in [9.17, 15) is 10.2 Å². The van der Waals surface area contributed by atoms with Gasteiger partial charge in [0.15, 0.2) is 29.2 Å². The second-order valence-electron chi connectivity index (χ2n) is 10.8. The molecule has 0 aliphatic carbocycles. The van der Waals surface area contributed by atoms with Crippen LogP contribution in [0.5, 0.6) is 5.88 Å². The largest absolute Gasteiger partial charge is 0.476 e. The molecule has 3 aromatic carbocycles. The maximum atomic E-state index is 16.0. The summed E-state index contributed by atoms with van der Waals surface area (Å²) in [5, 5.41) is 21.6. The molecule has 0 amide bonds. The van der Waals surface area contributed by atoms with Crippen molar-refractivity contribution < 1.29 is 33.3 Å². The minimum atomic E-state index is -3.05. The first-order chi connectivity index (χ1) is 21.7. The monoisotopic (exact) mass is 617 g/mol. The lowest BCUT2D eigenvalue weighted by Crippen LogP contribution is -2.48. The molecule has 2 aromatic heterocycles. The standard InChI is InChI=1S/C33H33F2N5O5/c1-4-44-27-25-26(39(21-36-25)29-31(2,34)28(42)32(35,20-41)45-29)37-30(38-27)40(43-3)33(22-14-8-5-9-15-22,23-16-10-6-11-17-23)24-18-12-7-13-19-24/h5-19,21,28-29,41-42H,4,20H2,1-3H3/t28-,29+,31+,32+/m0/s1. The molecule has 5 aromatic rings. The number of ether oxygens (including phenoxy) is 2. The highest BCUT2D eigenvalue weighted by Crippen LogP contribution is 2.49. The molecule has 1 fully saturated rings. The first-order valence-corrected chi connectivity index (χ1v) is 14.4. The fraction of sp³-hybridized carbons (Fsp3) is 0.303. The van der Waals surface area contributed by atoms with Crippen LogP contribution < -0.4 is 9.80 Å². The quantitative estimate of drug-likeness (QED) is 0.168. The van der Waals surface area contributed by atoms with Crippen molar-refractivity contribution in [1.29, 1.82) is 0 Å². The third-order valence-corrected chi connectivity index (χ3v) is 8.10. The van der Waals surface area contributed by atoms with Gasteiger partial charge < -0.3 is 19.7 Å². The maximum absolute atomic E-state index is 16.0. The van der Waals surface area contributed by atoms with Crippen LogP contribution in [-0.2, 0) is 15.1 Å². The summed E-state index contributed by atoms with van der Waals surface area (Å²) < 4.78 is 43.6. The minimum absolute atomic E-state index is 0.0135. The molecule has 1 saturated heterocycles. The van der Waals surface area contributed by atoms with E-state index in [0.717, 1.165) is 28.2 Å². The second kappa shape index (κ2) is 11.8. The molecule has 3 heterocycles. The van der Waals surface area contributed by atoms with Gasteiger partial charge >= 0.3 is 0 Å². The van der Waals surface area contributed by atoms with E-state index in [-0.39, 0.29) is 29.6 Å². The average Bonchev–Trinajstić information content (AvgIpc) is 3.57. The summed E-state index contributed by atoms with van der Waals surface area (Å²) in [5.41, 5.74) is -1.20. The molecule has 0 unspecified atom stereocenters. The number of hydrogen-bond acceptors (Lipinski definition) is 9. The Labute approximate surface area is 258 Å². The Bertz CT molecular complexity index is 1660. The SMILES string of the molecule is CCOc1nc(N(OC)C(c2ccccc2)(c2ccccc2)c2ccccc2)nc2c1ncn2[C@@H]1O[C@](F)(CO)[C@@H](O)[C@@]1(C)F. The summed E-state index contributed by atoms with van der Waals surface area (Å²) in [4.78, 5) is 20.1. The fourth-order valence-electron chi connectivity index (χ4n) is 6.01. The Morgan fingerprint density at radius 2 is 1.47 bits per heavy atom. The Morgan fingerprint density at radius 1 is 0.933 bits per heavy atom. The smallest absolute Gasteiger partial charge is 0.263 e. The van der Waals surface area contributed by atoms with Crippen LogP contribution in [0.15, 0.2) is 97.3 Å². The van der Waals surface area contributed by atoms with Crippen molar-refractivity contribution in [3.8, 4) is 5.88 Å². The predicted octanol–water partition coefficient (Wildman–Crippen LogP) is 4.86. The molecule has 0 spiro atoms. The first kappa shape index (κ1) is 30.5. The van der Waals surface area contributed by atoms with Crippen molar-refractivity contribution in [2.75, 3.05) is 25.4 Å². The summed E-state index contributed by atoms with van der Waals surface area (Å²) in [6.45, 7) is 1.72. The van der Waals surface area contributed by atoms with E-state index in [4.69, 9.17) is 24.3 Å². The summed E-state index contributed by atoms with van der Waals surface area (Å²) in [5.74, 6) is -2.97. The normalized spacial score (nSPS) is 23.4. The van der Waals surface area contributed by atoms with Gasteiger partial charge in [0.2, 0.25) is 5.88 Å². The van der Waals surface area contributed by atoms with Gasteiger partial charge in [0.05, 0.1) is 20.0 Å². The van der Waals surface area contributed by atoms with E-state index < -0.39 is 36.0 Å². The van der Waals surface area contributed by atoms with Crippen LogP contribution in [0.2, 0.25) is 0 Å². The number of imidazole rings is 1. The average molecular weight is 618 g/mol. The van der Waals surface area contributed by atoms with Gasteiger partial charge in [-0.3, -0.25) is 9.40 Å². The van der Waals surface area contributed by atoms with Crippen LogP contribution in [0.1, 0.15) is 36.8 Å². The van der Waals surface area contributed by atoms with E-state index in [1.165, 1.54) is 13.4 Å². The number of alkyl halides is 2. The molecule has 1 aliphatic rings. The van der Waals surface area contributed by atoms with Gasteiger partial charge in [0.1, 0.15) is 12.1 Å². The number of aliphatic hydroxyl groups is 2. The minimum Gasteiger partial charge on any atom is -0.476 e. The van der Waals surface area contributed by atoms with Crippen molar-refractivity contribution in [1.82, 2.24) is 19.5 Å². The van der Waals surface area contributed by atoms with Crippen LogP contribution in [-0.4, -0.2) is 67.7 Å². The molecule has 0 radical (unpaired) electrons. The van der Waals surface area contributed by atoms with Crippen molar-refractivity contribution in [2.24, 2.45) is 0 Å². The fourth-order valence-corrected chi connectivity index (χ4v) is 6.01. The van der Waals surface area contributed by atoms with Gasteiger partial charge in [-0.1, -0.05) is 91.0 Å². The van der Waals surface area contributed by atoms with Gasteiger partial charge in [0, 0.05) is 0 Å². The molecule has 0 saturated carbocycles.